The van der Waals surface area contributed by atoms with Crippen molar-refractivity contribution in [3.05, 3.63) is 24.3 Å². The maximum atomic E-state index is 12.6. The molecule has 0 saturated carbocycles. The second-order valence-corrected chi connectivity index (χ2v) is 5.74. The molecule has 0 aromatic heterocycles. The van der Waals surface area contributed by atoms with E-state index in [0.717, 1.165) is 37.3 Å². The van der Waals surface area contributed by atoms with Crippen LogP contribution >= 0.6 is 0 Å². The molecule has 0 unspecified atom stereocenters. The number of nitrogens with one attached hydrogen (secondary N) is 1. The molecule has 2 amide bonds. The van der Waals surface area contributed by atoms with Gasteiger partial charge in [-0.15, -0.1) is 0 Å². The lowest BCUT2D eigenvalue weighted by Gasteiger charge is -2.31. The van der Waals surface area contributed by atoms with Gasteiger partial charge in [-0.1, -0.05) is 25.0 Å². The van der Waals surface area contributed by atoms with Crippen LogP contribution in [0.15, 0.2) is 24.3 Å². The van der Waals surface area contributed by atoms with Crippen LogP contribution in [0.1, 0.15) is 25.7 Å². The number of hydrogen-bond acceptors (Lipinski definition) is 3. The standard InChI is InChI=1S/C16H21N3O2/c20-15-11-19(14-8-4-3-7-13(14)17-15)16(21)12-18-9-5-1-2-6-10-18/h3-4,7-8H,1-2,5-6,9-12H2,(H,17,20). The Hall–Kier alpha value is -1.88. The van der Waals surface area contributed by atoms with Crippen LogP contribution in [0.3, 0.4) is 0 Å². The molecule has 2 aliphatic heterocycles. The Bertz CT molecular complexity index is 536. The van der Waals surface area contributed by atoms with Crippen molar-refractivity contribution in [1.82, 2.24) is 4.90 Å². The molecule has 1 saturated heterocycles. The summed E-state index contributed by atoms with van der Waals surface area (Å²) in [5.41, 5.74) is 1.52. The molecule has 2 aliphatic rings. The number of nitrogens with zero attached hydrogens (tertiary/aromatic N) is 2. The second kappa shape index (κ2) is 6.26. The molecule has 0 bridgehead atoms. The number of carbonyl (C=O) groups excluding carboxylic acids is 2. The Morgan fingerprint density at radius 3 is 2.57 bits per heavy atom. The van der Waals surface area contributed by atoms with E-state index in [0.29, 0.717) is 6.54 Å². The maximum Gasteiger partial charge on any atom is 0.244 e. The average molecular weight is 287 g/mol. The average Bonchev–Trinajstić information content (AvgIpc) is 2.75. The Labute approximate surface area is 124 Å². The van der Waals surface area contributed by atoms with Crippen LogP contribution in [0.4, 0.5) is 11.4 Å². The highest BCUT2D eigenvalue weighted by atomic mass is 16.2. The number of benzene rings is 1. The number of anilines is 2. The Morgan fingerprint density at radius 2 is 1.81 bits per heavy atom. The van der Waals surface area contributed by atoms with Gasteiger partial charge in [0.1, 0.15) is 6.54 Å². The third-order valence-corrected chi connectivity index (χ3v) is 4.13. The van der Waals surface area contributed by atoms with Crippen molar-refractivity contribution in [3.8, 4) is 0 Å². The van der Waals surface area contributed by atoms with E-state index in [-0.39, 0.29) is 18.4 Å². The fraction of sp³-hybridized carbons (Fsp3) is 0.500. The largest absolute Gasteiger partial charge is 0.323 e. The summed E-state index contributed by atoms with van der Waals surface area (Å²) in [4.78, 5) is 28.2. The van der Waals surface area contributed by atoms with Crippen LogP contribution in [0.2, 0.25) is 0 Å². The molecule has 5 heteroatoms. The summed E-state index contributed by atoms with van der Waals surface area (Å²) in [5.74, 6) is -0.114. The van der Waals surface area contributed by atoms with E-state index in [4.69, 9.17) is 0 Å². The van der Waals surface area contributed by atoms with Crippen LogP contribution < -0.4 is 10.2 Å². The lowest BCUT2D eigenvalue weighted by molar-refractivity contribution is -0.122. The van der Waals surface area contributed by atoms with Crippen molar-refractivity contribution < 1.29 is 9.59 Å². The molecule has 3 rings (SSSR count). The predicted molar refractivity (Wildman–Crippen MR) is 82.3 cm³/mol. The van der Waals surface area contributed by atoms with E-state index >= 15 is 0 Å². The molecule has 1 aromatic rings. The summed E-state index contributed by atoms with van der Waals surface area (Å²) in [6.07, 6.45) is 4.81. The summed E-state index contributed by atoms with van der Waals surface area (Å²) in [6, 6.07) is 7.47. The first-order valence-corrected chi connectivity index (χ1v) is 7.65. The van der Waals surface area contributed by atoms with E-state index in [9.17, 15) is 9.59 Å². The normalized spacial score (nSPS) is 19.6. The number of para-hydroxylation sites is 2. The van der Waals surface area contributed by atoms with Crippen LogP contribution in [0.25, 0.3) is 0 Å². The second-order valence-electron chi connectivity index (χ2n) is 5.74. The maximum absolute atomic E-state index is 12.6. The zero-order valence-electron chi connectivity index (χ0n) is 12.2. The minimum absolute atomic E-state index is 0.0131. The SMILES string of the molecule is O=C1CN(C(=O)CN2CCCCCC2)c2ccccc2N1. The van der Waals surface area contributed by atoms with E-state index < -0.39 is 0 Å². The number of fused-ring (bicyclic) bond motifs is 1. The van der Waals surface area contributed by atoms with Gasteiger partial charge in [0.2, 0.25) is 11.8 Å². The van der Waals surface area contributed by atoms with Gasteiger partial charge in [-0.25, -0.2) is 0 Å². The van der Waals surface area contributed by atoms with Crippen molar-refractivity contribution >= 4 is 23.2 Å². The van der Waals surface area contributed by atoms with Gasteiger partial charge in [0, 0.05) is 0 Å². The number of carbonyl (C=O) groups is 2. The van der Waals surface area contributed by atoms with E-state index in [2.05, 4.69) is 10.2 Å². The van der Waals surface area contributed by atoms with Gasteiger partial charge >= 0.3 is 0 Å². The van der Waals surface area contributed by atoms with Gasteiger partial charge in [-0.05, 0) is 38.1 Å². The first-order valence-electron chi connectivity index (χ1n) is 7.65. The molecule has 21 heavy (non-hydrogen) atoms. The Balaban J connectivity index is 1.73. The molecular formula is C16H21N3O2. The lowest BCUT2D eigenvalue weighted by Crippen LogP contribution is -2.46. The van der Waals surface area contributed by atoms with Crippen molar-refractivity contribution in [2.45, 2.75) is 25.7 Å². The highest BCUT2D eigenvalue weighted by Crippen LogP contribution is 2.29. The number of hydrogen-bond donors (Lipinski definition) is 1. The van der Waals surface area contributed by atoms with Gasteiger partial charge in [0.25, 0.3) is 0 Å². The van der Waals surface area contributed by atoms with Crippen LogP contribution in [0.5, 0.6) is 0 Å². The number of likely N-dealkylation sites (tertiary alicyclic amines) is 1. The van der Waals surface area contributed by atoms with E-state index in [1.807, 2.05) is 24.3 Å². The minimum atomic E-state index is -0.127. The van der Waals surface area contributed by atoms with Gasteiger partial charge in [0.05, 0.1) is 17.9 Å². The third-order valence-electron chi connectivity index (χ3n) is 4.13. The topological polar surface area (TPSA) is 52.7 Å². The fourth-order valence-electron chi connectivity index (χ4n) is 3.03. The third kappa shape index (κ3) is 3.24. The van der Waals surface area contributed by atoms with Gasteiger partial charge in [-0.3, -0.25) is 19.4 Å². The summed E-state index contributed by atoms with van der Waals surface area (Å²) < 4.78 is 0. The predicted octanol–water partition coefficient (Wildman–Crippen LogP) is 1.85. The zero-order chi connectivity index (χ0) is 14.7. The summed E-state index contributed by atoms with van der Waals surface area (Å²) in [6.45, 7) is 2.48. The van der Waals surface area contributed by atoms with Crippen LogP contribution in [-0.2, 0) is 9.59 Å². The smallest absolute Gasteiger partial charge is 0.244 e. The van der Waals surface area contributed by atoms with Crippen LogP contribution in [-0.4, -0.2) is 42.9 Å². The first-order chi connectivity index (χ1) is 10.2. The lowest BCUT2D eigenvalue weighted by atomic mass is 10.2. The molecule has 1 N–H and O–H groups in total. The molecule has 1 fully saturated rings. The quantitative estimate of drug-likeness (QED) is 0.903. The monoisotopic (exact) mass is 287 g/mol. The van der Waals surface area contributed by atoms with Gasteiger partial charge in [-0.2, -0.15) is 0 Å². The Morgan fingerprint density at radius 1 is 1.10 bits per heavy atom. The number of amides is 2. The highest BCUT2D eigenvalue weighted by molar-refractivity contribution is 6.10. The molecule has 1 aromatic carbocycles. The van der Waals surface area contributed by atoms with E-state index in [1.54, 1.807) is 4.90 Å². The van der Waals surface area contributed by atoms with Crippen LogP contribution in [0, 0.1) is 0 Å². The molecule has 5 nitrogen and oxygen atoms in total. The van der Waals surface area contributed by atoms with Gasteiger partial charge < -0.3 is 5.32 Å². The highest BCUT2D eigenvalue weighted by Gasteiger charge is 2.27. The molecule has 0 aliphatic carbocycles. The molecule has 2 heterocycles. The Kier molecular flexibility index (Phi) is 4.20. The van der Waals surface area contributed by atoms with Crippen molar-refractivity contribution in [1.29, 1.82) is 0 Å². The van der Waals surface area contributed by atoms with Gasteiger partial charge in [0.15, 0.2) is 0 Å². The molecule has 0 atom stereocenters. The minimum Gasteiger partial charge on any atom is -0.323 e. The number of rotatable bonds is 2. The summed E-state index contributed by atoms with van der Waals surface area (Å²) >= 11 is 0. The molecule has 0 radical (unpaired) electrons. The molecule has 0 spiro atoms. The van der Waals surface area contributed by atoms with Crippen molar-refractivity contribution in [2.75, 3.05) is 36.4 Å². The summed E-state index contributed by atoms with van der Waals surface area (Å²) in [7, 11) is 0. The molecule has 112 valence electrons. The fourth-order valence-corrected chi connectivity index (χ4v) is 3.03. The first kappa shape index (κ1) is 14.1. The van der Waals surface area contributed by atoms with Crippen molar-refractivity contribution in [3.63, 3.8) is 0 Å². The summed E-state index contributed by atoms with van der Waals surface area (Å²) in [5, 5.41) is 2.81. The zero-order valence-corrected chi connectivity index (χ0v) is 12.2. The molecular weight excluding hydrogens is 266 g/mol. The van der Waals surface area contributed by atoms with Crippen molar-refractivity contribution in [2.24, 2.45) is 0 Å². The van der Waals surface area contributed by atoms with E-state index in [1.165, 1.54) is 12.8 Å².